The molecule has 0 aliphatic heterocycles. The molecule has 0 fully saturated rings. The Hall–Kier alpha value is -0.970. The van der Waals surface area contributed by atoms with Crippen molar-refractivity contribution in [1.82, 2.24) is 5.32 Å². The van der Waals surface area contributed by atoms with Crippen molar-refractivity contribution in [2.45, 2.75) is 12.1 Å². The predicted octanol–water partition coefficient (Wildman–Crippen LogP) is 1.67. The number of carbonyl (C=O) groups excluding carboxylic acids is 1. The molecule has 2 nitrogen and oxygen atoms in total. The van der Waals surface area contributed by atoms with Gasteiger partial charge in [0.1, 0.15) is 0 Å². The minimum Gasteiger partial charge on any atom is -0.350 e. The van der Waals surface area contributed by atoms with Crippen LogP contribution in [0.15, 0.2) is 0 Å². The molecule has 0 spiro atoms. The van der Waals surface area contributed by atoms with E-state index in [1.165, 1.54) is 5.32 Å². The lowest BCUT2D eigenvalue weighted by Gasteiger charge is -2.18. The molecule has 0 aromatic heterocycles. The standard InChI is InChI=1S/C8H8F5NOS/c1-2-4-16-5-3-14-6(15)7(9,10)8(11,12)13/h1H,3-5H2,(H,14,15). The Kier molecular flexibility index (Phi) is 5.58. The van der Waals surface area contributed by atoms with Gasteiger partial charge in [-0.2, -0.15) is 22.0 Å². The molecule has 92 valence electrons. The second kappa shape index (κ2) is 5.94. The fourth-order valence-electron chi connectivity index (χ4n) is 0.608. The Morgan fingerprint density at radius 1 is 1.31 bits per heavy atom. The molecule has 1 N–H and O–H groups in total. The van der Waals surface area contributed by atoms with Crippen LogP contribution in [0.1, 0.15) is 0 Å². The number of hydrogen-bond donors (Lipinski definition) is 1. The second-order valence-corrected chi connectivity index (χ2v) is 3.69. The molecule has 0 unspecified atom stereocenters. The Morgan fingerprint density at radius 3 is 2.31 bits per heavy atom. The zero-order chi connectivity index (χ0) is 12.8. The van der Waals surface area contributed by atoms with Crippen LogP contribution in [0.25, 0.3) is 0 Å². The molecule has 0 bridgehead atoms. The summed E-state index contributed by atoms with van der Waals surface area (Å²) in [5.74, 6) is -5.00. The fraction of sp³-hybridized carbons (Fsp3) is 0.625. The van der Waals surface area contributed by atoms with Crippen LogP contribution in [0.2, 0.25) is 0 Å². The number of amides is 1. The van der Waals surface area contributed by atoms with Crippen LogP contribution >= 0.6 is 11.8 Å². The van der Waals surface area contributed by atoms with Gasteiger partial charge in [0.25, 0.3) is 5.91 Å². The normalized spacial score (nSPS) is 12.0. The van der Waals surface area contributed by atoms with Gasteiger partial charge in [0.15, 0.2) is 0 Å². The monoisotopic (exact) mass is 261 g/mol. The number of rotatable bonds is 5. The number of halogens is 5. The zero-order valence-corrected chi connectivity index (χ0v) is 8.72. The summed E-state index contributed by atoms with van der Waals surface area (Å²) in [4.78, 5) is 10.5. The van der Waals surface area contributed by atoms with E-state index in [-0.39, 0.29) is 12.3 Å². The molecule has 0 radical (unpaired) electrons. The van der Waals surface area contributed by atoms with Gasteiger partial charge in [0.05, 0.1) is 5.75 Å². The Balaban J connectivity index is 4.03. The van der Waals surface area contributed by atoms with Crippen LogP contribution in [0.4, 0.5) is 22.0 Å². The summed E-state index contributed by atoms with van der Waals surface area (Å²) in [5, 5.41) is 1.49. The van der Waals surface area contributed by atoms with Crippen molar-refractivity contribution in [3.63, 3.8) is 0 Å². The summed E-state index contributed by atoms with van der Waals surface area (Å²) < 4.78 is 59.7. The first-order valence-corrected chi connectivity index (χ1v) is 5.13. The third kappa shape index (κ3) is 4.26. The first-order chi connectivity index (χ1) is 7.23. The quantitative estimate of drug-likeness (QED) is 0.463. The van der Waals surface area contributed by atoms with Crippen LogP contribution in [-0.4, -0.2) is 36.1 Å². The number of alkyl halides is 5. The molecule has 0 aliphatic carbocycles. The Bertz CT molecular complexity index is 283. The van der Waals surface area contributed by atoms with Gasteiger partial charge in [-0.05, 0) is 0 Å². The fourth-order valence-corrected chi connectivity index (χ4v) is 1.12. The first-order valence-electron chi connectivity index (χ1n) is 3.97. The van der Waals surface area contributed by atoms with Crippen molar-refractivity contribution in [3.8, 4) is 12.3 Å². The van der Waals surface area contributed by atoms with Crippen molar-refractivity contribution < 1.29 is 26.7 Å². The van der Waals surface area contributed by atoms with E-state index in [0.717, 1.165) is 11.8 Å². The number of terminal acetylenes is 1. The lowest BCUT2D eigenvalue weighted by atomic mass is 10.3. The van der Waals surface area contributed by atoms with Gasteiger partial charge in [-0.1, -0.05) is 5.92 Å². The highest BCUT2D eigenvalue weighted by atomic mass is 32.2. The summed E-state index contributed by atoms with van der Waals surface area (Å²) in [6.45, 7) is -0.295. The van der Waals surface area contributed by atoms with Crippen molar-refractivity contribution in [1.29, 1.82) is 0 Å². The number of hydrogen-bond acceptors (Lipinski definition) is 2. The van der Waals surface area contributed by atoms with E-state index in [1.807, 2.05) is 0 Å². The van der Waals surface area contributed by atoms with Gasteiger partial charge in [-0.15, -0.1) is 18.2 Å². The minimum absolute atomic E-state index is 0.171. The second-order valence-electron chi connectivity index (χ2n) is 2.58. The Morgan fingerprint density at radius 2 is 1.88 bits per heavy atom. The highest BCUT2D eigenvalue weighted by molar-refractivity contribution is 7.99. The van der Waals surface area contributed by atoms with Crippen molar-refractivity contribution in [2.75, 3.05) is 18.1 Å². The zero-order valence-electron chi connectivity index (χ0n) is 7.90. The maximum atomic E-state index is 12.3. The number of thioether (sulfide) groups is 1. The summed E-state index contributed by atoms with van der Waals surface area (Å²) >= 11 is 1.14. The van der Waals surface area contributed by atoms with Gasteiger partial charge in [-0.3, -0.25) is 4.79 Å². The van der Waals surface area contributed by atoms with Gasteiger partial charge < -0.3 is 5.32 Å². The van der Waals surface area contributed by atoms with Gasteiger partial charge in [0.2, 0.25) is 0 Å². The lowest BCUT2D eigenvalue weighted by Crippen LogP contribution is -2.50. The third-order valence-corrected chi connectivity index (χ3v) is 2.22. The molecule has 1 amide bonds. The molecule has 16 heavy (non-hydrogen) atoms. The van der Waals surface area contributed by atoms with Crippen LogP contribution in [-0.2, 0) is 4.79 Å². The van der Waals surface area contributed by atoms with E-state index >= 15 is 0 Å². The Labute approximate surface area is 93.0 Å². The summed E-state index contributed by atoms with van der Waals surface area (Å²) in [5.41, 5.74) is 0. The predicted molar refractivity (Wildman–Crippen MR) is 50.2 cm³/mol. The minimum atomic E-state index is -5.87. The van der Waals surface area contributed by atoms with E-state index in [1.54, 1.807) is 0 Å². The van der Waals surface area contributed by atoms with Gasteiger partial charge >= 0.3 is 12.1 Å². The maximum absolute atomic E-state index is 12.3. The van der Waals surface area contributed by atoms with Crippen LogP contribution < -0.4 is 5.32 Å². The number of carbonyl (C=O) groups is 1. The maximum Gasteiger partial charge on any atom is 0.463 e. The van der Waals surface area contributed by atoms with Crippen molar-refractivity contribution >= 4 is 17.7 Å². The van der Waals surface area contributed by atoms with Gasteiger partial charge in [0, 0.05) is 12.3 Å². The van der Waals surface area contributed by atoms with E-state index in [4.69, 9.17) is 6.42 Å². The van der Waals surface area contributed by atoms with Crippen LogP contribution in [0, 0.1) is 12.3 Å². The molecular weight excluding hydrogens is 253 g/mol. The van der Waals surface area contributed by atoms with Gasteiger partial charge in [-0.25, -0.2) is 0 Å². The summed E-state index contributed by atoms with van der Waals surface area (Å²) in [6.07, 6.45) is -1.00. The van der Waals surface area contributed by atoms with Crippen molar-refractivity contribution in [2.24, 2.45) is 0 Å². The van der Waals surface area contributed by atoms with E-state index < -0.39 is 18.0 Å². The SMILES string of the molecule is C#CCSCCNC(=O)C(F)(F)C(F)(F)F. The van der Waals surface area contributed by atoms with E-state index in [0.29, 0.717) is 5.75 Å². The molecule has 0 aromatic carbocycles. The molecule has 0 aliphatic rings. The average Bonchev–Trinajstić information content (AvgIpc) is 2.15. The lowest BCUT2D eigenvalue weighted by molar-refractivity contribution is -0.269. The molecule has 0 heterocycles. The molecule has 0 saturated carbocycles. The highest BCUT2D eigenvalue weighted by Gasteiger charge is 2.63. The topological polar surface area (TPSA) is 29.1 Å². The van der Waals surface area contributed by atoms with Crippen molar-refractivity contribution in [3.05, 3.63) is 0 Å². The summed E-state index contributed by atoms with van der Waals surface area (Å²) in [7, 11) is 0. The molecular formula is C8H8F5NOS. The van der Waals surface area contributed by atoms with E-state index in [9.17, 15) is 26.7 Å². The van der Waals surface area contributed by atoms with Crippen LogP contribution in [0.5, 0.6) is 0 Å². The molecule has 8 heteroatoms. The third-order valence-electron chi connectivity index (χ3n) is 1.36. The van der Waals surface area contributed by atoms with E-state index in [2.05, 4.69) is 5.92 Å². The smallest absolute Gasteiger partial charge is 0.350 e. The molecule has 0 rings (SSSR count). The largest absolute Gasteiger partial charge is 0.463 e. The highest BCUT2D eigenvalue weighted by Crippen LogP contribution is 2.35. The average molecular weight is 261 g/mol. The molecule has 0 aromatic rings. The number of nitrogens with one attached hydrogen (secondary N) is 1. The summed E-state index contributed by atoms with van der Waals surface area (Å²) in [6, 6.07) is 0. The molecule has 0 atom stereocenters. The first kappa shape index (κ1) is 15.0. The van der Waals surface area contributed by atoms with Crippen LogP contribution in [0.3, 0.4) is 0 Å². The molecule has 0 saturated heterocycles.